The number of azo groups is 1. The first-order valence-corrected chi connectivity index (χ1v) is 14.4. The maximum atomic E-state index is 12.3. The number of hydrogen-bond donors (Lipinski definition) is 4. The van der Waals surface area contributed by atoms with Gasteiger partial charge in [0.05, 0.1) is 33.7 Å². The van der Waals surface area contributed by atoms with Crippen molar-refractivity contribution in [2.24, 2.45) is 15.2 Å². The minimum Gasteiger partial charge on any atom is -0.871 e. The van der Waals surface area contributed by atoms with E-state index in [-0.39, 0.29) is 93.3 Å². The van der Waals surface area contributed by atoms with Crippen LogP contribution < -0.4 is 69.5 Å². The Kier molecular flexibility index (Phi) is 12.9. The number of rotatable bonds is 8. The molecule has 0 aromatic heterocycles. The van der Waals surface area contributed by atoms with Crippen LogP contribution in [0.5, 0.6) is 5.75 Å². The molecule has 0 aliphatic heterocycles. The van der Waals surface area contributed by atoms with Crippen molar-refractivity contribution in [1.82, 2.24) is 0 Å². The molecule has 4 rings (SSSR count). The SMILES string of the molecule is O=[N+]([O-])c1ccc(Nc2ccc([O-])c(N=Nc3ccc(N=C4C=CC(=[N+]([O-])[O-])C=C4[S+](=O)(O)O)cc3)c2)c(S(=O)(=O)O)c1.[Na+].[Na+]. The summed E-state index contributed by atoms with van der Waals surface area (Å²) in [4.78, 5) is 12.1. The molecule has 0 atom stereocenters. The molecule has 0 radical (unpaired) electrons. The summed E-state index contributed by atoms with van der Waals surface area (Å²) in [6.07, 6.45) is 2.88. The number of nitro groups is 1. The van der Waals surface area contributed by atoms with Crippen LogP contribution in [0.3, 0.4) is 0 Å². The average Bonchev–Trinajstić information content (AvgIpc) is 2.93. The molecule has 4 N–H and O–H groups in total. The zero-order chi connectivity index (χ0) is 31.5. The van der Waals surface area contributed by atoms with Gasteiger partial charge in [-0.25, -0.2) is 4.99 Å². The standard InChI is InChI=1S/C24H18N6O11S2.2Na/c31-22-10-5-16(26-20-9-7-18(30(34)35)13-24(20)43(39,40)41)11-21(22)28-27-15-3-1-14(2-4-15)25-19-8-6-17(29(32)33)12-23(19)42(36,37)38;;/h1-13H,(H5-,25,26,27,28,31,32,33,36,37,38,39,40,41);;/q;2*+1/p-1. The van der Waals surface area contributed by atoms with Gasteiger partial charge in [0, 0.05) is 23.9 Å². The van der Waals surface area contributed by atoms with Crippen LogP contribution >= 0.6 is 0 Å². The van der Waals surface area contributed by atoms with Crippen LogP contribution in [0.2, 0.25) is 0 Å². The van der Waals surface area contributed by atoms with Crippen molar-refractivity contribution in [3.63, 3.8) is 0 Å². The zero-order valence-corrected chi connectivity index (χ0v) is 28.8. The van der Waals surface area contributed by atoms with Gasteiger partial charge in [-0.05, 0) is 52.7 Å². The normalized spacial score (nSPS) is 14.0. The summed E-state index contributed by atoms with van der Waals surface area (Å²) in [6, 6.07) is 12.1. The predicted octanol–water partition coefficient (Wildman–Crippen LogP) is -1.50. The van der Waals surface area contributed by atoms with E-state index in [2.05, 4.69) is 20.5 Å². The molecular weight excluding hydrogens is 658 g/mol. The minimum absolute atomic E-state index is 0. The van der Waals surface area contributed by atoms with Gasteiger partial charge in [-0.15, -0.1) is 0 Å². The second kappa shape index (κ2) is 15.3. The molecule has 0 unspecified atom stereocenters. The number of nitrogens with zero attached hydrogens (tertiary/aromatic N) is 5. The van der Waals surface area contributed by atoms with Crippen molar-refractivity contribution in [3.8, 4) is 5.75 Å². The molecular formula is C24H17N6Na2O11S2+. The van der Waals surface area contributed by atoms with Gasteiger partial charge < -0.3 is 20.8 Å². The molecule has 21 heteroatoms. The molecule has 3 aromatic carbocycles. The number of nitro benzene ring substituents is 1. The molecule has 1 aliphatic carbocycles. The molecule has 0 fully saturated rings. The Hall–Kier alpha value is -3.34. The number of hydrogen-bond acceptors (Lipinski definition) is 12. The molecule has 3 aromatic rings. The number of benzene rings is 3. The summed E-state index contributed by atoms with van der Waals surface area (Å²) in [6.45, 7) is 0. The first kappa shape index (κ1) is 37.8. The summed E-state index contributed by atoms with van der Waals surface area (Å²) in [7, 11) is -9.44. The number of allylic oxidation sites excluding steroid dienone is 4. The topological polar surface area (TPSA) is 276 Å². The number of aliphatic imine (C=N–C) groups is 1. The summed E-state index contributed by atoms with van der Waals surface area (Å²) in [5.41, 5.74) is -1.08. The largest absolute Gasteiger partial charge is 1.00 e. The van der Waals surface area contributed by atoms with Crippen LogP contribution in [-0.4, -0.2) is 43.3 Å². The van der Waals surface area contributed by atoms with Crippen molar-refractivity contribution >= 4 is 66.2 Å². The average molecular weight is 676 g/mol. The molecule has 0 saturated heterocycles. The van der Waals surface area contributed by atoms with E-state index in [9.17, 15) is 51.9 Å². The summed E-state index contributed by atoms with van der Waals surface area (Å²) >= 11 is 0. The molecule has 0 bridgehead atoms. The van der Waals surface area contributed by atoms with Crippen LogP contribution in [-0.2, 0) is 24.8 Å². The van der Waals surface area contributed by atoms with Gasteiger partial charge >= 0.3 is 69.6 Å². The van der Waals surface area contributed by atoms with E-state index in [0.717, 1.165) is 36.4 Å². The van der Waals surface area contributed by atoms with Crippen LogP contribution in [0, 0.1) is 20.5 Å². The number of anilines is 2. The molecule has 0 spiro atoms. The van der Waals surface area contributed by atoms with E-state index in [1.807, 2.05) is 0 Å². The Morgan fingerprint density at radius 3 is 2.09 bits per heavy atom. The van der Waals surface area contributed by atoms with Crippen molar-refractivity contribution in [1.29, 1.82) is 0 Å². The van der Waals surface area contributed by atoms with Crippen LogP contribution in [0.4, 0.5) is 34.1 Å². The second-order valence-electron chi connectivity index (χ2n) is 8.45. The maximum absolute atomic E-state index is 12.3. The van der Waals surface area contributed by atoms with Gasteiger partial charge in [0.1, 0.15) is 10.6 Å². The summed E-state index contributed by atoms with van der Waals surface area (Å²) in [5, 5.41) is 55.8. The van der Waals surface area contributed by atoms with Crippen molar-refractivity contribution in [2.45, 2.75) is 4.90 Å². The molecule has 17 nitrogen and oxygen atoms in total. The third-order valence-electron chi connectivity index (χ3n) is 5.51. The Labute approximate surface area is 299 Å². The van der Waals surface area contributed by atoms with E-state index >= 15 is 0 Å². The number of non-ortho nitro benzene ring substituents is 1. The van der Waals surface area contributed by atoms with Gasteiger partial charge in [0.2, 0.25) is 5.71 Å². The summed E-state index contributed by atoms with van der Waals surface area (Å²) in [5.74, 6) is -0.554. The van der Waals surface area contributed by atoms with Crippen molar-refractivity contribution < 1.29 is 100 Å². The first-order valence-electron chi connectivity index (χ1n) is 11.5. The Balaban J connectivity index is 0.00000353. The molecule has 0 heterocycles. The predicted molar refractivity (Wildman–Crippen MR) is 152 cm³/mol. The van der Waals surface area contributed by atoms with Gasteiger partial charge in [-0.2, -0.15) is 32.7 Å². The monoisotopic (exact) mass is 675 g/mol. The smallest absolute Gasteiger partial charge is 0.871 e. The quantitative estimate of drug-likeness (QED) is 0.0310. The van der Waals surface area contributed by atoms with E-state index < -0.39 is 57.4 Å². The Bertz CT molecular complexity index is 1940. The van der Waals surface area contributed by atoms with Gasteiger partial charge in [0.25, 0.3) is 20.7 Å². The van der Waals surface area contributed by atoms with E-state index in [0.29, 0.717) is 6.07 Å². The van der Waals surface area contributed by atoms with Crippen LogP contribution in [0.1, 0.15) is 0 Å². The zero-order valence-electron chi connectivity index (χ0n) is 23.2. The molecule has 0 saturated carbocycles. The fourth-order valence-corrected chi connectivity index (χ4v) is 4.86. The third-order valence-corrected chi connectivity index (χ3v) is 7.30. The first-order chi connectivity index (χ1) is 20.1. The summed E-state index contributed by atoms with van der Waals surface area (Å²) < 4.78 is 64.0. The van der Waals surface area contributed by atoms with E-state index in [4.69, 9.17) is 0 Å². The third kappa shape index (κ3) is 9.82. The molecule has 222 valence electrons. The van der Waals surface area contributed by atoms with Gasteiger partial charge in [-0.1, -0.05) is 11.8 Å². The Morgan fingerprint density at radius 1 is 0.867 bits per heavy atom. The van der Waals surface area contributed by atoms with Crippen molar-refractivity contribution in [3.05, 3.63) is 104 Å². The molecule has 0 amide bonds. The Morgan fingerprint density at radius 2 is 1.51 bits per heavy atom. The van der Waals surface area contributed by atoms with Gasteiger partial charge in [-0.3, -0.25) is 14.7 Å². The van der Waals surface area contributed by atoms with E-state index in [1.54, 1.807) is 0 Å². The molecule has 1 aliphatic rings. The number of nitrogens with one attached hydrogen (secondary N) is 1. The van der Waals surface area contributed by atoms with Gasteiger partial charge in [0.15, 0.2) is 0 Å². The fourth-order valence-electron chi connectivity index (χ4n) is 3.54. The van der Waals surface area contributed by atoms with Crippen LogP contribution in [0.15, 0.2) is 104 Å². The van der Waals surface area contributed by atoms with E-state index in [1.165, 1.54) is 36.4 Å². The second-order valence-corrected chi connectivity index (χ2v) is 11.3. The fraction of sp³-hybridized carbons (Fsp3) is 0. The molecule has 45 heavy (non-hydrogen) atoms. The van der Waals surface area contributed by atoms with Crippen LogP contribution in [0.25, 0.3) is 0 Å². The van der Waals surface area contributed by atoms with Crippen molar-refractivity contribution in [2.75, 3.05) is 5.32 Å². The minimum atomic E-state index is -4.86. The maximum Gasteiger partial charge on any atom is 1.00 e.